The van der Waals surface area contributed by atoms with Gasteiger partial charge in [-0.15, -0.1) is 23.7 Å². The summed E-state index contributed by atoms with van der Waals surface area (Å²) in [5.41, 5.74) is 6.78. The van der Waals surface area contributed by atoms with Gasteiger partial charge >= 0.3 is 0 Å². The molecule has 0 radical (unpaired) electrons. The van der Waals surface area contributed by atoms with Gasteiger partial charge in [-0.25, -0.2) is 0 Å². The SMILES string of the molecule is Cl.Nc1ccc(C(=O)N2CCCC2c2cccs2)c(Cl)c1. The number of anilines is 1. The number of thiophene rings is 1. The largest absolute Gasteiger partial charge is 0.399 e. The molecule has 0 aliphatic carbocycles. The number of hydrogen-bond acceptors (Lipinski definition) is 3. The molecule has 3 nitrogen and oxygen atoms in total. The summed E-state index contributed by atoms with van der Waals surface area (Å²) in [5.74, 6) is -0.00843. The number of likely N-dealkylation sites (tertiary alicyclic amines) is 1. The van der Waals surface area contributed by atoms with Crippen LogP contribution in [0.5, 0.6) is 0 Å². The van der Waals surface area contributed by atoms with E-state index in [2.05, 4.69) is 6.07 Å². The molecule has 1 fully saturated rings. The van der Waals surface area contributed by atoms with Crippen molar-refractivity contribution in [1.29, 1.82) is 0 Å². The Hall–Kier alpha value is -1.23. The van der Waals surface area contributed by atoms with E-state index in [1.165, 1.54) is 4.88 Å². The smallest absolute Gasteiger partial charge is 0.255 e. The minimum atomic E-state index is -0.00843. The van der Waals surface area contributed by atoms with Gasteiger partial charge in [-0.3, -0.25) is 4.79 Å². The number of benzene rings is 1. The highest BCUT2D eigenvalue weighted by Gasteiger charge is 2.31. The molecular weight excluding hydrogens is 327 g/mol. The molecule has 1 saturated heterocycles. The molecule has 1 unspecified atom stereocenters. The molecule has 21 heavy (non-hydrogen) atoms. The zero-order chi connectivity index (χ0) is 14.1. The van der Waals surface area contributed by atoms with E-state index in [0.717, 1.165) is 19.4 Å². The van der Waals surface area contributed by atoms with Crippen molar-refractivity contribution in [2.45, 2.75) is 18.9 Å². The third kappa shape index (κ3) is 3.18. The molecule has 0 bridgehead atoms. The molecule has 3 rings (SSSR count). The van der Waals surface area contributed by atoms with Crippen LogP contribution in [0.1, 0.15) is 34.1 Å². The van der Waals surface area contributed by atoms with Gasteiger partial charge in [-0.2, -0.15) is 0 Å². The van der Waals surface area contributed by atoms with E-state index >= 15 is 0 Å². The highest BCUT2D eigenvalue weighted by molar-refractivity contribution is 7.10. The van der Waals surface area contributed by atoms with Gasteiger partial charge in [0, 0.05) is 17.1 Å². The Bertz CT molecular complexity index is 631. The van der Waals surface area contributed by atoms with Gasteiger partial charge in [-0.05, 0) is 42.5 Å². The van der Waals surface area contributed by atoms with Crippen molar-refractivity contribution in [3.63, 3.8) is 0 Å². The van der Waals surface area contributed by atoms with Gasteiger partial charge in [0.2, 0.25) is 0 Å². The van der Waals surface area contributed by atoms with Crippen molar-refractivity contribution < 1.29 is 4.79 Å². The quantitative estimate of drug-likeness (QED) is 0.823. The Balaban J connectivity index is 0.00000161. The standard InChI is InChI=1S/C15H15ClN2OS.ClH/c16-12-9-10(17)5-6-11(12)15(19)18-7-1-3-13(18)14-4-2-8-20-14;/h2,4-6,8-9,13H,1,3,7,17H2;1H. The van der Waals surface area contributed by atoms with E-state index in [9.17, 15) is 4.79 Å². The molecule has 2 heterocycles. The first-order valence-electron chi connectivity index (χ1n) is 6.56. The summed E-state index contributed by atoms with van der Waals surface area (Å²) in [4.78, 5) is 15.8. The van der Waals surface area contributed by atoms with Crippen LogP contribution in [0.4, 0.5) is 5.69 Å². The molecular formula is C15H16Cl2N2OS. The average molecular weight is 343 g/mol. The van der Waals surface area contributed by atoms with E-state index in [-0.39, 0.29) is 24.4 Å². The third-order valence-electron chi connectivity index (χ3n) is 3.61. The maximum Gasteiger partial charge on any atom is 0.255 e. The molecule has 1 amide bonds. The van der Waals surface area contributed by atoms with E-state index < -0.39 is 0 Å². The summed E-state index contributed by atoms with van der Waals surface area (Å²) in [7, 11) is 0. The summed E-state index contributed by atoms with van der Waals surface area (Å²) >= 11 is 7.85. The Kier molecular flexibility index (Phi) is 5.14. The second-order valence-electron chi connectivity index (χ2n) is 4.91. The van der Waals surface area contributed by atoms with Crippen molar-refractivity contribution >= 4 is 46.9 Å². The van der Waals surface area contributed by atoms with E-state index in [1.807, 2.05) is 16.3 Å². The van der Waals surface area contributed by atoms with Gasteiger partial charge in [0.1, 0.15) is 0 Å². The van der Waals surface area contributed by atoms with Crippen LogP contribution >= 0.6 is 35.3 Å². The van der Waals surface area contributed by atoms with Crippen molar-refractivity contribution in [2.24, 2.45) is 0 Å². The van der Waals surface area contributed by atoms with Crippen molar-refractivity contribution in [3.05, 3.63) is 51.2 Å². The molecule has 112 valence electrons. The maximum absolute atomic E-state index is 12.7. The van der Waals surface area contributed by atoms with E-state index in [1.54, 1.807) is 29.5 Å². The zero-order valence-corrected chi connectivity index (χ0v) is 13.7. The van der Waals surface area contributed by atoms with Crippen LogP contribution in [0.2, 0.25) is 5.02 Å². The van der Waals surface area contributed by atoms with Crippen LogP contribution in [-0.2, 0) is 0 Å². The lowest BCUT2D eigenvalue weighted by Gasteiger charge is -2.24. The molecule has 1 aliphatic rings. The van der Waals surface area contributed by atoms with Gasteiger partial charge in [0.05, 0.1) is 16.6 Å². The lowest BCUT2D eigenvalue weighted by atomic mass is 10.1. The topological polar surface area (TPSA) is 46.3 Å². The molecule has 6 heteroatoms. The summed E-state index contributed by atoms with van der Waals surface area (Å²) in [5, 5.41) is 2.47. The summed E-state index contributed by atoms with van der Waals surface area (Å²) in [6.45, 7) is 0.780. The lowest BCUT2D eigenvalue weighted by molar-refractivity contribution is 0.0738. The third-order valence-corrected chi connectivity index (χ3v) is 4.90. The molecule has 1 aliphatic heterocycles. The second-order valence-corrected chi connectivity index (χ2v) is 6.30. The number of carbonyl (C=O) groups excluding carboxylic acids is 1. The summed E-state index contributed by atoms with van der Waals surface area (Å²) in [6, 6.07) is 9.35. The number of nitrogens with zero attached hydrogens (tertiary/aromatic N) is 1. The Morgan fingerprint density at radius 2 is 2.19 bits per heavy atom. The summed E-state index contributed by atoms with van der Waals surface area (Å²) < 4.78 is 0. The van der Waals surface area contributed by atoms with Gasteiger partial charge < -0.3 is 10.6 Å². The average Bonchev–Trinajstić information content (AvgIpc) is 3.09. The van der Waals surface area contributed by atoms with Gasteiger partial charge in [-0.1, -0.05) is 17.7 Å². The highest BCUT2D eigenvalue weighted by Crippen LogP contribution is 2.36. The fraction of sp³-hybridized carbons (Fsp3) is 0.267. The van der Waals surface area contributed by atoms with E-state index in [0.29, 0.717) is 16.3 Å². The number of nitrogen functional groups attached to an aromatic ring is 1. The number of nitrogens with two attached hydrogens (primary N) is 1. The van der Waals surface area contributed by atoms with Crippen molar-refractivity contribution in [1.82, 2.24) is 4.90 Å². The van der Waals surface area contributed by atoms with Crippen LogP contribution in [0.25, 0.3) is 0 Å². The molecule has 2 N–H and O–H groups in total. The van der Waals surface area contributed by atoms with E-state index in [4.69, 9.17) is 17.3 Å². The Morgan fingerprint density at radius 1 is 1.38 bits per heavy atom. The van der Waals surface area contributed by atoms with Gasteiger partial charge in [0.25, 0.3) is 5.91 Å². The normalized spacial score (nSPS) is 17.6. The fourth-order valence-corrected chi connectivity index (χ4v) is 3.79. The first-order chi connectivity index (χ1) is 9.66. The molecule has 0 saturated carbocycles. The van der Waals surface area contributed by atoms with Crippen LogP contribution in [0, 0.1) is 0 Å². The second kappa shape index (κ2) is 6.69. The van der Waals surface area contributed by atoms with Crippen molar-refractivity contribution in [2.75, 3.05) is 12.3 Å². The lowest BCUT2D eigenvalue weighted by Crippen LogP contribution is -2.30. The molecule has 0 spiro atoms. The number of rotatable bonds is 2. The molecule has 1 aromatic carbocycles. The summed E-state index contributed by atoms with van der Waals surface area (Å²) in [6.07, 6.45) is 2.04. The first kappa shape index (κ1) is 16.1. The van der Waals surface area contributed by atoms with Crippen LogP contribution in [0.15, 0.2) is 35.7 Å². The van der Waals surface area contributed by atoms with Crippen molar-refractivity contribution in [3.8, 4) is 0 Å². The van der Waals surface area contributed by atoms with Crippen LogP contribution in [-0.4, -0.2) is 17.4 Å². The number of carbonyl (C=O) groups is 1. The van der Waals surface area contributed by atoms with Crippen LogP contribution in [0.3, 0.4) is 0 Å². The number of amides is 1. The monoisotopic (exact) mass is 342 g/mol. The molecule has 2 aromatic rings. The Morgan fingerprint density at radius 3 is 2.86 bits per heavy atom. The number of hydrogen-bond donors (Lipinski definition) is 1. The highest BCUT2D eigenvalue weighted by atomic mass is 35.5. The first-order valence-corrected chi connectivity index (χ1v) is 7.82. The molecule has 1 atom stereocenters. The van der Waals surface area contributed by atoms with Crippen LogP contribution < -0.4 is 5.73 Å². The predicted molar refractivity (Wildman–Crippen MR) is 90.4 cm³/mol. The predicted octanol–water partition coefficient (Wildman–Crippen LogP) is 4.38. The molecule has 1 aromatic heterocycles. The minimum Gasteiger partial charge on any atom is -0.399 e. The zero-order valence-electron chi connectivity index (χ0n) is 11.3. The number of halogens is 2. The fourth-order valence-electron chi connectivity index (χ4n) is 2.65. The maximum atomic E-state index is 12.7. The minimum absolute atomic E-state index is 0. The van der Waals surface area contributed by atoms with Gasteiger partial charge in [0.15, 0.2) is 0 Å². The Labute approximate surface area is 139 Å².